The minimum absolute atomic E-state index is 0.320. The van der Waals surface area contributed by atoms with Crippen LogP contribution in [0, 0.1) is 6.92 Å². The summed E-state index contributed by atoms with van der Waals surface area (Å²) in [5.41, 5.74) is 4.28. The Balaban J connectivity index is 2.19. The van der Waals surface area contributed by atoms with Gasteiger partial charge in [0, 0.05) is 15.9 Å². The molecule has 0 spiro atoms. The second-order valence-corrected chi connectivity index (χ2v) is 5.57. The van der Waals surface area contributed by atoms with Crippen molar-refractivity contribution < 1.29 is 0 Å². The first-order chi connectivity index (χ1) is 8.70. The molecule has 2 nitrogen and oxygen atoms in total. The van der Waals surface area contributed by atoms with Crippen molar-refractivity contribution in [1.82, 2.24) is 10.3 Å². The highest BCUT2D eigenvalue weighted by Gasteiger charge is 2.15. The van der Waals surface area contributed by atoms with E-state index in [0.717, 1.165) is 23.7 Å². The molecule has 96 valence electrons. The summed E-state index contributed by atoms with van der Waals surface area (Å²) < 4.78 is 0. The van der Waals surface area contributed by atoms with Crippen molar-refractivity contribution in [2.24, 2.45) is 0 Å². The number of aromatic nitrogens is 1. The average molecular weight is 281 g/mol. The number of benzene rings is 1. The SMILES string of the molecule is CCNC(Cc1cccc(Cl)c1)c1scnc1C. The molecule has 4 heteroatoms. The van der Waals surface area contributed by atoms with Crippen LogP contribution < -0.4 is 5.32 Å². The lowest BCUT2D eigenvalue weighted by atomic mass is 10.0. The zero-order valence-electron chi connectivity index (χ0n) is 10.6. The summed E-state index contributed by atoms with van der Waals surface area (Å²) in [5, 5.41) is 4.32. The standard InChI is InChI=1S/C14H17ClN2S/c1-3-16-13(14-10(2)17-9-18-14)8-11-5-4-6-12(15)7-11/h4-7,9,13,16H,3,8H2,1-2H3. The third-order valence-electron chi connectivity index (χ3n) is 2.88. The molecule has 2 rings (SSSR count). The van der Waals surface area contributed by atoms with Crippen LogP contribution in [0.25, 0.3) is 0 Å². The zero-order chi connectivity index (χ0) is 13.0. The van der Waals surface area contributed by atoms with Gasteiger partial charge in [0.05, 0.1) is 11.2 Å². The fraction of sp³-hybridized carbons (Fsp3) is 0.357. The van der Waals surface area contributed by atoms with Crippen LogP contribution in [0.1, 0.15) is 29.1 Å². The van der Waals surface area contributed by atoms with Gasteiger partial charge < -0.3 is 5.32 Å². The van der Waals surface area contributed by atoms with Gasteiger partial charge in [-0.15, -0.1) is 11.3 Å². The molecule has 0 aliphatic heterocycles. The molecule has 2 aromatic rings. The van der Waals surface area contributed by atoms with Crippen LogP contribution in [0.2, 0.25) is 5.02 Å². The number of likely N-dealkylation sites (N-methyl/N-ethyl adjacent to an activating group) is 1. The Labute approximate surface area is 117 Å². The van der Waals surface area contributed by atoms with Gasteiger partial charge in [0.25, 0.3) is 0 Å². The smallest absolute Gasteiger partial charge is 0.0798 e. The van der Waals surface area contributed by atoms with Crippen molar-refractivity contribution in [2.45, 2.75) is 26.3 Å². The third-order valence-corrected chi connectivity index (χ3v) is 4.16. The Hall–Kier alpha value is -0.900. The predicted octanol–water partition coefficient (Wildman–Crippen LogP) is 4.00. The first-order valence-corrected chi connectivity index (χ1v) is 7.34. The van der Waals surface area contributed by atoms with Crippen molar-refractivity contribution in [3.63, 3.8) is 0 Å². The number of nitrogens with zero attached hydrogens (tertiary/aromatic N) is 1. The highest BCUT2D eigenvalue weighted by molar-refractivity contribution is 7.09. The Morgan fingerprint density at radius 1 is 1.44 bits per heavy atom. The van der Waals surface area contributed by atoms with Gasteiger partial charge in [-0.05, 0) is 37.6 Å². The number of thiazole rings is 1. The summed E-state index contributed by atoms with van der Waals surface area (Å²) >= 11 is 7.75. The van der Waals surface area contributed by atoms with E-state index in [1.54, 1.807) is 11.3 Å². The van der Waals surface area contributed by atoms with E-state index < -0.39 is 0 Å². The molecular weight excluding hydrogens is 264 g/mol. The molecule has 0 saturated heterocycles. The molecule has 1 heterocycles. The minimum Gasteiger partial charge on any atom is -0.309 e. The quantitative estimate of drug-likeness (QED) is 0.895. The van der Waals surface area contributed by atoms with E-state index in [1.807, 2.05) is 23.7 Å². The van der Waals surface area contributed by atoms with Gasteiger partial charge in [-0.2, -0.15) is 0 Å². The van der Waals surface area contributed by atoms with Crippen molar-refractivity contribution in [3.8, 4) is 0 Å². The van der Waals surface area contributed by atoms with Crippen LogP contribution >= 0.6 is 22.9 Å². The van der Waals surface area contributed by atoms with Crippen molar-refractivity contribution >= 4 is 22.9 Å². The van der Waals surface area contributed by atoms with Gasteiger partial charge in [-0.3, -0.25) is 0 Å². The van der Waals surface area contributed by atoms with E-state index in [-0.39, 0.29) is 0 Å². The van der Waals surface area contributed by atoms with E-state index in [0.29, 0.717) is 6.04 Å². The maximum absolute atomic E-state index is 6.03. The van der Waals surface area contributed by atoms with Gasteiger partial charge >= 0.3 is 0 Å². The van der Waals surface area contributed by atoms with E-state index in [2.05, 4.69) is 30.2 Å². The summed E-state index contributed by atoms with van der Waals surface area (Å²) in [4.78, 5) is 5.65. The summed E-state index contributed by atoms with van der Waals surface area (Å²) in [6, 6.07) is 8.38. The van der Waals surface area contributed by atoms with E-state index >= 15 is 0 Å². The van der Waals surface area contributed by atoms with E-state index in [1.165, 1.54) is 10.4 Å². The maximum Gasteiger partial charge on any atom is 0.0798 e. The second-order valence-electron chi connectivity index (χ2n) is 4.25. The van der Waals surface area contributed by atoms with Crippen molar-refractivity contribution in [3.05, 3.63) is 50.9 Å². The van der Waals surface area contributed by atoms with Crippen LogP contribution in [-0.4, -0.2) is 11.5 Å². The monoisotopic (exact) mass is 280 g/mol. The highest BCUT2D eigenvalue weighted by atomic mass is 35.5. The molecule has 18 heavy (non-hydrogen) atoms. The molecule has 1 atom stereocenters. The summed E-state index contributed by atoms with van der Waals surface area (Å²) in [6.45, 7) is 5.14. The fourth-order valence-corrected chi connectivity index (χ4v) is 3.14. The van der Waals surface area contributed by atoms with E-state index in [9.17, 15) is 0 Å². The predicted molar refractivity (Wildman–Crippen MR) is 78.4 cm³/mol. The first kappa shape index (κ1) is 13.5. The van der Waals surface area contributed by atoms with Crippen LogP contribution in [0.15, 0.2) is 29.8 Å². The van der Waals surface area contributed by atoms with Crippen LogP contribution in [-0.2, 0) is 6.42 Å². The number of halogens is 1. The summed E-state index contributed by atoms with van der Waals surface area (Å²) in [5.74, 6) is 0. The normalized spacial score (nSPS) is 12.6. The molecule has 0 amide bonds. The van der Waals surface area contributed by atoms with Gasteiger partial charge in [0.1, 0.15) is 0 Å². The molecule has 0 aliphatic rings. The summed E-state index contributed by atoms with van der Waals surface area (Å²) in [7, 11) is 0. The Kier molecular flexibility index (Phi) is 4.75. The molecule has 1 N–H and O–H groups in total. The van der Waals surface area contributed by atoms with Crippen molar-refractivity contribution in [2.75, 3.05) is 6.54 Å². The molecule has 0 saturated carbocycles. The van der Waals surface area contributed by atoms with Gasteiger partial charge in [-0.1, -0.05) is 30.7 Å². The Morgan fingerprint density at radius 3 is 2.89 bits per heavy atom. The van der Waals surface area contributed by atoms with Crippen LogP contribution in [0.4, 0.5) is 0 Å². The number of nitrogens with one attached hydrogen (secondary N) is 1. The van der Waals surface area contributed by atoms with E-state index in [4.69, 9.17) is 11.6 Å². The lowest BCUT2D eigenvalue weighted by Gasteiger charge is -2.17. The molecule has 1 unspecified atom stereocenters. The molecule has 0 radical (unpaired) electrons. The van der Waals surface area contributed by atoms with Crippen LogP contribution in [0.5, 0.6) is 0 Å². The molecule has 1 aromatic carbocycles. The number of rotatable bonds is 5. The first-order valence-electron chi connectivity index (χ1n) is 6.08. The topological polar surface area (TPSA) is 24.9 Å². The summed E-state index contributed by atoms with van der Waals surface area (Å²) in [6.07, 6.45) is 0.942. The third kappa shape index (κ3) is 3.31. The number of hydrogen-bond acceptors (Lipinski definition) is 3. The largest absolute Gasteiger partial charge is 0.309 e. The molecular formula is C14H17ClN2S. The lowest BCUT2D eigenvalue weighted by molar-refractivity contribution is 0.555. The van der Waals surface area contributed by atoms with Gasteiger partial charge in [-0.25, -0.2) is 4.98 Å². The average Bonchev–Trinajstić information content (AvgIpc) is 2.75. The number of hydrogen-bond donors (Lipinski definition) is 1. The molecule has 0 fully saturated rings. The molecule has 0 bridgehead atoms. The van der Waals surface area contributed by atoms with Crippen LogP contribution in [0.3, 0.4) is 0 Å². The maximum atomic E-state index is 6.03. The lowest BCUT2D eigenvalue weighted by Crippen LogP contribution is -2.22. The zero-order valence-corrected chi connectivity index (χ0v) is 12.2. The number of aryl methyl sites for hydroxylation is 1. The second kappa shape index (κ2) is 6.32. The highest BCUT2D eigenvalue weighted by Crippen LogP contribution is 2.25. The van der Waals surface area contributed by atoms with Gasteiger partial charge in [0.15, 0.2) is 0 Å². The minimum atomic E-state index is 0.320. The molecule has 0 aliphatic carbocycles. The Morgan fingerprint density at radius 2 is 2.28 bits per heavy atom. The fourth-order valence-electron chi connectivity index (χ4n) is 2.05. The van der Waals surface area contributed by atoms with Crippen molar-refractivity contribution in [1.29, 1.82) is 0 Å². The molecule has 1 aromatic heterocycles. The van der Waals surface area contributed by atoms with Gasteiger partial charge in [0.2, 0.25) is 0 Å². The Bertz CT molecular complexity index is 510.